The first kappa shape index (κ1) is 30.8. The van der Waals surface area contributed by atoms with Gasteiger partial charge in [-0.15, -0.1) is 10.2 Å². The Balaban J connectivity index is 1.43. The molecule has 3 heterocycles. The zero-order chi connectivity index (χ0) is 32.9. The number of nitrogens with zero attached hydrogens (tertiary/aromatic N) is 6. The highest BCUT2D eigenvalue weighted by Gasteiger charge is 2.52. The molecule has 5 aromatic rings. The zero-order valence-electron chi connectivity index (χ0n) is 24.9. The highest BCUT2D eigenvalue weighted by Crippen LogP contribution is 2.39. The Morgan fingerprint density at radius 1 is 0.851 bits per heavy atom. The molecule has 6 rings (SSSR count). The van der Waals surface area contributed by atoms with Crippen molar-refractivity contribution < 1.29 is 33.3 Å². The fraction of sp³-hybridized carbons (Fsp3) is 0.182. The Hall–Kier alpha value is -6.17. The van der Waals surface area contributed by atoms with E-state index in [-0.39, 0.29) is 40.1 Å². The Labute approximate surface area is 267 Å². The number of rotatable bonds is 9. The maximum atomic E-state index is 13.5. The topological polar surface area (TPSA) is 185 Å². The summed E-state index contributed by atoms with van der Waals surface area (Å²) in [4.78, 5) is 39.8. The van der Waals surface area contributed by atoms with Crippen molar-refractivity contribution in [1.29, 1.82) is 5.26 Å². The molecule has 2 N–H and O–H groups in total. The summed E-state index contributed by atoms with van der Waals surface area (Å²) in [6.07, 6.45) is -3.57. The lowest BCUT2D eigenvalue weighted by atomic mass is 10.1. The maximum Gasteiger partial charge on any atom is 0.338 e. The van der Waals surface area contributed by atoms with E-state index in [0.717, 1.165) is 0 Å². The second-order valence-corrected chi connectivity index (χ2v) is 10.5. The minimum atomic E-state index is -1.33. The van der Waals surface area contributed by atoms with Crippen molar-refractivity contribution in [2.75, 3.05) is 18.7 Å². The molecule has 14 heteroatoms. The molecule has 4 atom stereocenters. The minimum absolute atomic E-state index is 0.128. The molecule has 1 fully saturated rings. The fourth-order valence-electron chi connectivity index (χ4n) is 5.20. The van der Waals surface area contributed by atoms with Gasteiger partial charge < -0.3 is 18.9 Å². The van der Waals surface area contributed by atoms with Crippen molar-refractivity contribution in [3.8, 4) is 6.07 Å². The van der Waals surface area contributed by atoms with Crippen LogP contribution in [0.25, 0.3) is 11.0 Å². The van der Waals surface area contributed by atoms with Gasteiger partial charge >= 0.3 is 17.9 Å². The number of fused-ring (bicyclic) bond motifs is 1. The third kappa shape index (κ3) is 6.34. The summed E-state index contributed by atoms with van der Waals surface area (Å²) >= 11 is 0. The first-order valence-corrected chi connectivity index (χ1v) is 14.4. The summed E-state index contributed by atoms with van der Waals surface area (Å²) in [6, 6.07) is 26.9. The number of esters is 3. The van der Waals surface area contributed by atoms with Crippen LogP contribution in [-0.2, 0) is 18.9 Å². The third-order valence-corrected chi connectivity index (χ3v) is 7.42. The van der Waals surface area contributed by atoms with Crippen molar-refractivity contribution in [2.45, 2.75) is 24.5 Å². The molecular formula is C33H27N7O7. The van der Waals surface area contributed by atoms with E-state index in [0.29, 0.717) is 5.56 Å². The van der Waals surface area contributed by atoms with Crippen LogP contribution in [0.15, 0.2) is 97.2 Å². The highest BCUT2D eigenvalue weighted by molar-refractivity contribution is 5.93. The lowest BCUT2D eigenvalue weighted by Crippen LogP contribution is -2.41. The van der Waals surface area contributed by atoms with E-state index >= 15 is 0 Å². The second-order valence-electron chi connectivity index (χ2n) is 10.5. The van der Waals surface area contributed by atoms with E-state index in [4.69, 9.17) is 24.8 Å². The van der Waals surface area contributed by atoms with Gasteiger partial charge in [0.2, 0.25) is 0 Å². The Bertz CT molecular complexity index is 1950. The summed E-state index contributed by atoms with van der Waals surface area (Å²) < 4.78 is 25.4. The number of carbonyl (C=O) groups excluding carboxylic acids is 3. The van der Waals surface area contributed by atoms with Crippen LogP contribution < -0.4 is 10.9 Å². The molecule has 0 bridgehead atoms. The molecule has 47 heavy (non-hydrogen) atoms. The predicted octanol–water partition coefficient (Wildman–Crippen LogP) is 3.21. The Morgan fingerprint density at radius 3 is 1.91 bits per heavy atom. The Kier molecular flexibility index (Phi) is 8.82. The van der Waals surface area contributed by atoms with E-state index in [9.17, 15) is 19.6 Å². The van der Waals surface area contributed by atoms with Crippen molar-refractivity contribution in [3.63, 3.8) is 0 Å². The van der Waals surface area contributed by atoms with Crippen molar-refractivity contribution in [1.82, 2.24) is 20.0 Å². The van der Waals surface area contributed by atoms with Gasteiger partial charge in [-0.3, -0.25) is 9.58 Å². The van der Waals surface area contributed by atoms with E-state index < -0.39 is 42.4 Å². The molecule has 1 aliphatic heterocycles. The zero-order valence-corrected chi connectivity index (χ0v) is 24.9. The molecule has 0 spiro atoms. The monoisotopic (exact) mass is 633 g/mol. The molecule has 236 valence electrons. The molecule has 0 radical (unpaired) electrons. The standard InChI is InChI=1S/C33H27N7O7/c1-39(35)28-25-23(17-34)18-40(29(25)37-38-36-28)30-27(47-33(43)22-15-9-4-10-16-22)26(46-32(42)21-13-7-3-8-14-21)24(45-30)19-44-31(41)20-11-5-2-6-12-20/h2-16,18,24,26-27,30H,19,35H2,1H3/t24-,26-,27-,30-/m1/s1. The van der Waals surface area contributed by atoms with Gasteiger partial charge in [-0.05, 0) is 41.6 Å². The predicted molar refractivity (Wildman–Crippen MR) is 165 cm³/mol. The number of nitrogens with two attached hydrogens (primary N) is 1. The van der Waals surface area contributed by atoms with Crippen LogP contribution in [0.2, 0.25) is 0 Å². The smallest absolute Gasteiger partial charge is 0.338 e. The largest absolute Gasteiger partial charge is 0.459 e. The molecule has 0 saturated carbocycles. The van der Waals surface area contributed by atoms with Crippen LogP contribution in [0.3, 0.4) is 0 Å². The van der Waals surface area contributed by atoms with Gasteiger partial charge in [0.25, 0.3) is 0 Å². The molecule has 0 aliphatic carbocycles. The van der Waals surface area contributed by atoms with Gasteiger partial charge in [0, 0.05) is 13.2 Å². The van der Waals surface area contributed by atoms with Crippen molar-refractivity contribution in [3.05, 3.63) is 119 Å². The summed E-state index contributed by atoms with van der Waals surface area (Å²) in [5, 5.41) is 23.4. The van der Waals surface area contributed by atoms with Gasteiger partial charge in [0.15, 0.2) is 29.9 Å². The van der Waals surface area contributed by atoms with Gasteiger partial charge in [0.1, 0.15) is 18.8 Å². The van der Waals surface area contributed by atoms with E-state index in [2.05, 4.69) is 21.5 Å². The number of carbonyl (C=O) groups is 3. The number of hydrazine groups is 1. The first-order valence-electron chi connectivity index (χ1n) is 14.4. The second kappa shape index (κ2) is 13.4. The lowest BCUT2D eigenvalue weighted by molar-refractivity contribution is -0.0604. The normalized spacial score (nSPS) is 18.7. The van der Waals surface area contributed by atoms with Crippen LogP contribution in [0.5, 0.6) is 0 Å². The summed E-state index contributed by atoms with van der Waals surface area (Å²) in [5.41, 5.74) is 1.01. The van der Waals surface area contributed by atoms with E-state index in [1.54, 1.807) is 91.0 Å². The van der Waals surface area contributed by atoms with Gasteiger partial charge in [0.05, 0.1) is 27.6 Å². The Morgan fingerprint density at radius 2 is 1.38 bits per heavy atom. The van der Waals surface area contributed by atoms with Gasteiger partial charge in [-0.1, -0.05) is 54.6 Å². The number of ether oxygens (including phenoxy) is 4. The average molecular weight is 634 g/mol. The number of hydrogen-bond acceptors (Lipinski definition) is 13. The lowest BCUT2D eigenvalue weighted by Gasteiger charge is -2.25. The van der Waals surface area contributed by atoms with Crippen LogP contribution in [0.1, 0.15) is 42.9 Å². The average Bonchev–Trinajstić information content (AvgIpc) is 3.65. The first-order chi connectivity index (χ1) is 22.9. The van der Waals surface area contributed by atoms with Crippen LogP contribution in [0, 0.1) is 11.3 Å². The molecule has 3 aromatic carbocycles. The number of anilines is 1. The molecule has 1 saturated heterocycles. The van der Waals surface area contributed by atoms with E-state index in [1.807, 2.05) is 0 Å². The van der Waals surface area contributed by atoms with Crippen LogP contribution >= 0.6 is 0 Å². The molecule has 0 amide bonds. The molecule has 2 aromatic heterocycles. The van der Waals surface area contributed by atoms with E-state index in [1.165, 1.54) is 22.8 Å². The third-order valence-electron chi connectivity index (χ3n) is 7.42. The number of nitriles is 1. The summed E-state index contributed by atoms with van der Waals surface area (Å²) in [5.74, 6) is 4.01. The van der Waals surface area contributed by atoms with Gasteiger partial charge in [-0.25, -0.2) is 20.2 Å². The summed E-state index contributed by atoms with van der Waals surface area (Å²) in [6.45, 7) is -0.384. The fourth-order valence-corrected chi connectivity index (χ4v) is 5.20. The summed E-state index contributed by atoms with van der Waals surface area (Å²) in [7, 11) is 1.52. The van der Waals surface area contributed by atoms with Crippen molar-refractivity contribution >= 4 is 34.8 Å². The quantitative estimate of drug-likeness (QED) is 0.108. The van der Waals surface area contributed by atoms with Crippen molar-refractivity contribution in [2.24, 2.45) is 5.84 Å². The molecular weight excluding hydrogens is 606 g/mol. The number of aromatic nitrogens is 4. The van der Waals surface area contributed by atoms with Crippen LogP contribution in [0.4, 0.5) is 5.82 Å². The SMILES string of the molecule is CN(N)c1nnnc2c1c(C#N)cn2[C@@H]1O[C@H](COC(=O)c2ccccc2)[C@@H](OC(=O)c2ccccc2)[C@H]1OC(=O)c1ccccc1. The molecule has 14 nitrogen and oxygen atoms in total. The van der Waals surface area contributed by atoms with Crippen LogP contribution in [-0.4, -0.2) is 69.9 Å². The molecule has 0 unspecified atom stereocenters. The highest BCUT2D eigenvalue weighted by atomic mass is 16.7. The minimum Gasteiger partial charge on any atom is -0.459 e. The molecule has 1 aliphatic rings. The number of benzene rings is 3. The van der Waals surface area contributed by atoms with Gasteiger partial charge in [-0.2, -0.15) is 5.26 Å². The number of hydrogen-bond donors (Lipinski definition) is 1. The maximum absolute atomic E-state index is 13.5.